The number of ether oxygens (including phenoxy) is 1. The lowest BCUT2D eigenvalue weighted by atomic mass is 9.72. The standard InChI is InChI=1S/C19H31NO/c1-4-15-11-9-10-14-17(15)18(20-5-2)19(21-3)16-12-7-6-8-13-16/h6-8,12-13,15,17-20H,4-5,9-11,14H2,1-3H3. The maximum absolute atomic E-state index is 5.93. The highest BCUT2D eigenvalue weighted by Crippen LogP contribution is 2.39. The van der Waals surface area contributed by atoms with E-state index in [0.29, 0.717) is 6.04 Å². The summed E-state index contributed by atoms with van der Waals surface area (Å²) in [5, 5.41) is 3.74. The quantitative estimate of drug-likeness (QED) is 0.794. The lowest BCUT2D eigenvalue weighted by Gasteiger charge is -2.40. The second-order valence-corrected chi connectivity index (χ2v) is 6.27. The molecule has 1 fully saturated rings. The van der Waals surface area contributed by atoms with Crippen molar-refractivity contribution in [3.63, 3.8) is 0 Å². The zero-order chi connectivity index (χ0) is 15.1. The second kappa shape index (κ2) is 8.55. The maximum Gasteiger partial charge on any atom is 0.0976 e. The van der Waals surface area contributed by atoms with E-state index in [1.807, 2.05) is 7.11 Å². The monoisotopic (exact) mass is 289 g/mol. The number of likely N-dealkylation sites (N-methyl/N-ethyl adjacent to an activating group) is 1. The normalized spacial score (nSPS) is 25.5. The molecule has 0 radical (unpaired) electrons. The Morgan fingerprint density at radius 2 is 1.86 bits per heavy atom. The van der Waals surface area contributed by atoms with Gasteiger partial charge in [0.1, 0.15) is 0 Å². The van der Waals surface area contributed by atoms with Crippen molar-refractivity contribution in [1.29, 1.82) is 0 Å². The minimum absolute atomic E-state index is 0.156. The molecule has 1 aromatic carbocycles. The fourth-order valence-corrected chi connectivity index (χ4v) is 4.07. The molecule has 1 aromatic rings. The molecule has 21 heavy (non-hydrogen) atoms. The Balaban J connectivity index is 2.23. The summed E-state index contributed by atoms with van der Waals surface area (Å²) in [5.74, 6) is 1.57. The Hall–Kier alpha value is -0.860. The van der Waals surface area contributed by atoms with Crippen LogP contribution in [0.4, 0.5) is 0 Å². The van der Waals surface area contributed by atoms with E-state index in [-0.39, 0.29) is 6.10 Å². The lowest BCUT2D eigenvalue weighted by Crippen LogP contribution is -2.45. The van der Waals surface area contributed by atoms with E-state index in [0.717, 1.165) is 18.4 Å². The van der Waals surface area contributed by atoms with Gasteiger partial charge in [-0.1, -0.05) is 69.9 Å². The van der Waals surface area contributed by atoms with Crippen LogP contribution >= 0.6 is 0 Å². The fourth-order valence-electron chi connectivity index (χ4n) is 4.07. The number of benzene rings is 1. The summed E-state index contributed by atoms with van der Waals surface area (Å²) >= 11 is 0. The Bertz CT molecular complexity index is 392. The predicted octanol–water partition coefficient (Wildman–Crippen LogP) is 4.57. The van der Waals surface area contributed by atoms with Gasteiger partial charge in [0.05, 0.1) is 6.10 Å². The summed E-state index contributed by atoms with van der Waals surface area (Å²) in [6.07, 6.45) is 6.93. The summed E-state index contributed by atoms with van der Waals surface area (Å²) in [6, 6.07) is 11.1. The van der Waals surface area contributed by atoms with E-state index >= 15 is 0 Å². The van der Waals surface area contributed by atoms with Crippen LogP contribution in [-0.4, -0.2) is 19.7 Å². The van der Waals surface area contributed by atoms with Gasteiger partial charge in [0.25, 0.3) is 0 Å². The topological polar surface area (TPSA) is 21.3 Å². The van der Waals surface area contributed by atoms with Gasteiger partial charge < -0.3 is 10.1 Å². The number of rotatable bonds is 7. The van der Waals surface area contributed by atoms with Gasteiger partial charge in [-0.2, -0.15) is 0 Å². The Morgan fingerprint density at radius 1 is 1.14 bits per heavy atom. The Kier molecular flexibility index (Phi) is 6.72. The molecule has 1 aliphatic carbocycles. The third kappa shape index (κ3) is 4.08. The molecule has 0 saturated heterocycles. The summed E-state index contributed by atoms with van der Waals surface area (Å²) in [4.78, 5) is 0. The number of hydrogen-bond donors (Lipinski definition) is 1. The highest BCUT2D eigenvalue weighted by atomic mass is 16.5. The zero-order valence-electron chi connectivity index (χ0n) is 13.8. The van der Waals surface area contributed by atoms with Gasteiger partial charge in [0, 0.05) is 13.2 Å². The summed E-state index contributed by atoms with van der Waals surface area (Å²) in [6.45, 7) is 5.55. The predicted molar refractivity (Wildman–Crippen MR) is 89.4 cm³/mol. The molecular formula is C19H31NO. The van der Waals surface area contributed by atoms with Gasteiger partial charge in [0.15, 0.2) is 0 Å². The first-order valence-electron chi connectivity index (χ1n) is 8.62. The zero-order valence-corrected chi connectivity index (χ0v) is 13.8. The molecule has 0 amide bonds. The largest absolute Gasteiger partial charge is 0.375 e. The number of nitrogens with one attached hydrogen (secondary N) is 1. The lowest BCUT2D eigenvalue weighted by molar-refractivity contribution is 0.0222. The van der Waals surface area contributed by atoms with Gasteiger partial charge in [-0.15, -0.1) is 0 Å². The van der Waals surface area contributed by atoms with Gasteiger partial charge in [-0.3, -0.25) is 0 Å². The number of methoxy groups -OCH3 is 1. The van der Waals surface area contributed by atoms with Crippen molar-refractivity contribution < 1.29 is 4.74 Å². The molecule has 4 atom stereocenters. The van der Waals surface area contributed by atoms with Crippen molar-refractivity contribution in [2.75, 3.05) is 13.7 Å². The molecular weight excluding hydrogens is 258 g/mol. The molecule has 0 heterocycles. The van der Waals surface area contributed by atoms with Crippen molar-refractivity contribution in [1.82, 2.24) is 5.32 Å². The van der Waals surface area contributed by atoms with Crippen LogP contribution in [0.1, 0.15) is 57.6 Å². The van der Waals surface area contributed by atoms with Crippen molar-refractivity contribution in [2.45, 2.75) is 58.1 Å². The van der Waals surface area contributed by atoms with Gasteiger partial charge in [0.2, 0.25) is 0 Å². The van der Waals surface area contributed by atoms with Crippen LogP contribution in [0.15, 0.2) is 30.3 Å². The Labute approximate surface area is 130 Å². The van der Waals surface area contributed by atoms with Crippen LogP contribution in [0.2, 0.25) is 0 Å². The summed E-state index contributed by atoms with van der Waals surface area (Å²) in [7, 11) is 1.85. The van der Waals surface area contributed by atoms with Crippen LogP contribution in [0, 0.1) is 11.8 Å². The van der Waals surface area contributed by atoms with Crippen molar-refractivity contribution in [3.05, 3.63) is 35.9 Å². The smallest absolute Gasteiger partial charge is 0.0976 e. The van der Waals surface area contributed by atoms with Crippen molar-refractivity contribution in [2.24, 2.45) is 11.8 Å². The van der Waals surface area contributed by atoms with Gasteiger partial charge >= 0.3 is 0 Å². The van der Waals surface area contributed by atoms with Crippen LogP contribution in [0.5, 0.6) is 0 Å². The summed E-state index contributed by atoms with van der Waals surface area (Å²) < 4.78 is 5.93. The summed E-state index contributed by atoms with van der Waals surface area (Å²) in [5.41, 5.74) is 1.30. The molecule has 4 unspecified atom stereocenters. The molecule has 0 spiro atoms. The van der Waals surface area contributed by atoms with Crippen molar-refractivity contribution >= 4 is 0 Å². The van der Waals surface area contributed by atoms with E-state index < -0.39 is 0 Å². The first-order valence-corrected chi connectivity index (χ1v) is 8.62. The molecule has 2 nitrogen and oxygen atoms in total. The highest BCUT2D eigenvalue weighted by molar-refractivity contribution is 5.20. The van der Waals surface area contributed by atoms with Crippen LogP contribution in [-0.2, 0) is 4.74 Å². The first kappa shape index (κ1) is 16.5. The van der Waals surface area contributed by atoms with Crippen molar-refractivity contribution in [3.8, 4) is 0 Å². The maximum atomic E-state index is 5.93. The number of hydrogen-bond acceptors (Lipinski definition) is 2. The van der Waals surface area contributed by atoms with E-state index in [1.54, 1.807) is 0 Å². The first-order chi connectivity index (χ1) is 10.3. The molecule has 118 valence electrons. The minimum Gasteiger partial charge on any atom is -0.375 e. The molecule has 0 aromatic heterocycles. The Morgan fingerprint density at radius 3 is 2.48 bits per heavy atom. The highest BCUT2D eigenvalue weighted by Gasteiger charge is 2.35. The third-order valence-electron chi connectivity index (χ3n) is 5.10. The molecule has 0 aliphatic heterocycles. The molecule has 2 heteroatoms. The van der Waals surface area contributed by atoms with E-state index in [1.165, 1.54) is 37.7 Å². The molecule has 2 rings (SSSR count). The second-order valence-electron chi connectivity index (χ2n) is 6.27. The molecule has 0 bridgehead atoms. The van der Waals surface area contributed by atoms with Gasteiger partial charge in [-0.05, 0) is 30.4 Å². The molecule has 1 saturated carbocycles. The molecule has 1 N–H and O–H groups in total. The van der Waals surface area contributed by atoms with E-state index in [4.69, 9.17) is 4.74 Å². The minimum atomic E-state index is 0.156. The van der Waals surface area contributed by atoms with Crippen LogP contribution in [0.25, 0.3) is 0 Å². The van der Waals surface area contributed by atoms with E-state index in [2.05, 4.69) is 49.5 Å². The van der Waals surface area contributed by atoms with Crippen LogP contribution in [0.3, 0.4) is 0 Å². The average Bonchev–Trinajstić information content (AvgIpc) is 2.55. The van der Waals surface area contributed by atoms with Crippen LogP contribution < -0.4 is 5.32 Å². The van der Waals surface area contributed by atoms with Gasteiger partial charge in [-0.25, -0.2) is 0 Å². The van der Waals surface area contributed by atoms with E-state index in [9.17, 15) is 0 Å². The third-order valence-corrected chi connectivity index (χ3v) is 5.10. The fraction of sp³-hybridized carbons (Fsp3) is 0.684. The average molecular weight is 289 g/mol. The molecule has 1 aliphatic rings. The SMILES string of the molecule is CCNC(C(OC)c1ccccc1)C1CCCCC1CC.